The lowest BCUT2D eigenvalue weighted by Gasteiger charge is -2.61. The van der Waals surface area contributed by atoms with Crippen molar-refractivity contribution in [2.75, 3.05) is 0 Å². The molecule has 1 aromatic carbocycles. The van der Waals surface area contributed by atoms with Gasteiger partial charge < -0.3 is 10.4 Å². The van der Waals surface area contributed by atoms with Crippen molar-refractivity contribution in [1.82, 2.24) is 25.5 Å². The number of nitrogens with one attached hydrogen (secondary N) is 1. The monoisotopic (exact) mass is 387 g/mol. The van der Waals surface area contributed by atoms with Crippen LogP contribution in [0, 0.1) is 11.8 Å². The van der Waals surface area contributed by atoms with E-state index >= 15 is 0 Å². The van der Waals surface area contributed by atoms with Gasteiger partial charge in [-0.05, 0) is 61.6 Å². The summed E-state index contributed by atoms with van der Waals surface area (Å²) in [6.07, 6.45) is 6.14. The highest BCUT2D eigenvalue weighted by Gasteiger charge is 2.60. The molecule has 8 heteroatoms. The lowest BCUT2D eigenvalue weighted by atomic mass is 9.50. The quantitative estimate of drug-likeness (QED) is 0.839. The number of halogens is 1. The fraction of sp³-hybridized carbons (Fsp3) is 0.579. The first-order valence-electron chi connectivity index (χ1n) is 9.47. The van der Waals surface area contributed by atoms with E-state index in [-0.39, 0.29) is 17.0 Å². The molecule has 6 rings (SSSR count). The number of hydrogen-bond donors (Lipinski definition) is 2. The van der Waals surface area contributed by atoms with E-state index in [2.05, 4.69) is 20.7 Å². The molecule has 5 atom stereocenters. The van der Waals surface area contributed by atoms with Gasteiger partial charge in [0.15, 0.2) is 12.4 Å². The Hall–Kier alpha value is -1.99. The molecule has 0 saturated heterocycles. The van der Waals surface area contributed by atoms with Crippen LogP contribution in [0.25, 0.3) is 0 Å². The van der Waals surface area contributed by atoms with Crippen molar-refractivity contribution < 1.29 is 9.90 Å². The van der Waals surface area contributed by atoms with E-state index in [1.807, 2.05) is 0 Å². The van der Waals surface area contributed by atoms with E-state index in [1.54, 1.807) is 29.1 Å². The third kappa shape index (κ3) is 2.75. The fourth-order valence-corrected chi connectivity index (χ4v) is 6.39. The van der Waals surface area contributed by atoms with Crippen LogP contribution in [0.15, 0.2) is 30.6 Å². The summed E-state index contributed by atoms with van der Waals surface area (Å²) in [5.41, 5.74) is -0.0608. The summed E-state index contributed by atoms with van der Waals surface area (Å²) in [4.78, 5) is 14.7. The van der Waals surface area contributed by atoms with Gasteiger partial charge in [-0.15, -0.1) is 10.2 Å². The second kappa shape index (κ2) is 6.01. The Balaban J connectivity index is 1.42. The van der Waals surface area contributed by atoms with Crippen molar-refractivity contribution in [2.45, 2.75) is 55.7 Å². The van der Waals surface area contributed by atoms with Crippen molar-refractivity contribution in [3.05, 3.63) is 41.2 Å². The maximum absolute atomic E-state index is 12.9. The minimum absolute atomic E-state index is 0.177. The van der Waals surface area contributed by atoms with Crippen molar-refractivity contribution in [1.29, 1.82) is 0 Å². The fourth-order valence-electron chi connectivity index (χ4n) is 6.15. The Morgan fingerprint density at radius 1 is 1.26 bits per heavy atom. The van der Waals surface area contributed by atoms with Crippen molar-refractivity contribution in [3.8, 4) is 0 Å². The van der Waals surface area contributed by atoms with E-state index in [0.29, 0.717) is 22.4 Å². The van der Waals surface area contributed by atoms with Crippen LogP contribution >= 0.6 is 11.6 Å². The van der Waals surface area contributed by atoms with Crippen molar-refractivity contribution in [2.24, 2.45) is 11.8 Å². The average Bonchev–Trinajstić information content (AvgIpc) is 3.15. The van der Waals surface area contributed by atoms with E-state index in [1.165, 1.54) is 12.7 Å². The Bertz CT molecular complexity index is 857. The molecule has 4 fully saturated rings. The molecule has 4 aliphatic rings. The van der Waals surface area contributed by atoms with Crippen LogP contribution in [0.1, 0.15) is 50.2 Å². The predicted molar refractivity (Wildman–Crippen MR) is 97.8 cm³/mol. The summed E-state index contributed by atoms with van der Waals surface area (Å²) in [5, 5.41) is 26.6. The average molecular weight is 388 g/mol. The number of tetrazole rings is 1. The Kier molecular flexibility index (Phi) is 3.81. The zero-order chi connectivity index (χ0) is 18.6. The second-order valence-electron chi connectivity index (χ2n) is 8.60. The molecule has 1 heterocycles. The second-order valence-corrected chi connectivity index (χ2v) is 9.01. The molecule has 4 aliphatic carbocycles. The molecule has 0 aliphatic heterocycles. The molecule has 1 amide bonds. The lowest BCUT2D eigenvalue weighted by Crippen LogP contribution is -2.66. The van der Waals surface area contributed by atoms with Gasteiger partial charge in [0.05, 0.1) is 5.54 Å². The molecule has 0 spiro atoms. The third-order valence-corrected chi connectivity index (χ3v) is 6.98. The number of carbonyl (C=O) groups excluding carboxylic acids is 1. The smallest absolute Gasteiger partial charge is 0.253 e. The van der Waals surface area contributed by atoms with Crippen molar-refractivity contribution >= 4 is 17.5 Å². The summed E-state index contributed by atoms with van der Waals surface area (Å²) in [5.74, 6) is 0.691. The highest BCUT2D eigenvalue weighted by atomic mass is 35.5. The van der Waals surface area contributed by atoms with Gasteiger partial charge >= 0.3 is 0 Å². The summed E-state index contributed by atoms with van der Waals surface area (Å²) >= 11 is 6.16. The number of aliphatic hydroxyl groups is 1. The Morgan fingerprint density at radius 2 is 2.00 bits per heavy atom. The molecule has 4 saturated carbocycles. The van der Waals surface area contributed by atoms with E-state index in [0.717, 1.165) is 32.1 Å². The number of aromatic nitrogens is 4. The molecule has 0 radical (unpaired) electrons. The van der Waals surface area contributed by atoms with Crippen LogP contribution in [0.4, 0.5) is 0 Å². The molecule has 4 bridgehead atoms. The maximum atomic E-state index is 12.9. The normalized spacial score (nSPS) is 35.2. The molecule has 2 unspecified atom stereocenters. The Labute approximate surface area is 162 Å². The molecular formula is C19H22ClN5O2. The van der Waals surface area contributed by atoms with Gasteiger partial charge in [-0.2, -0.15) is 4.80 Å². The van der Waals surface area contributed by atoms with Crippen LogP contribution < -0.4 is 5.32 Å². The summed E-state index contributed by atoms with van der Waals surface area (Å²) in [6.45, 7) is 0. The summed E-state index contributed by atoms with van der Waals surface area (Å²) in [6, 6.07) is 6.93. The van der Waals surface area contributed by atoms with Gasteiger partial charge in [-0.1, -0.05) is 29.8 Å². The van der Waals surface area contributed by atoms with Crippen LogP contribution in [0.2, 0.25) is 5.02 Å². The van der Waals surface area contributed by atoms with E-state index in [4.69, 9.17) is 11.6 Å². The van der Waals surface area contributed by atoms with Gasteiger partial charge in [-0.3, -0.25) is 4.79 Å². The van der Waals surface area contributed by atoms with Gasteiger partial charge in [0.1, 0.15) is 0 Å². The SMILES string of the molecule is O=C(NC12C[C@H]3C[C@@H](C1)CC(n1ncnn1)(C3)C2)[C@H](O)c1ccccc1Cl. The number of aliphatic hydroxyl groups excluding tert-OH is 1. The predicted octanol–water partition coefficient (Wildman–Crippen LogP) is 2.22. The highest BCUT2D eigenvalue weighted by molar-refractivity contribution is 6.31. The first-order chi connectivity index (χ1) is 13.0. The highest BCUT2D eigenvalue weighted by Crippen LogP contribution is 2.60. The van der Waals surface area contributed by atoms with Gasteiger partial charge in [-0.25, -0.2) is 0 Å². The standard InChI is InChI=1S/C19H22ClN5O2/c20-15-4-2-1-3-14(15)16(26)17(27)23-18-6-12-5-13(7-18)9-19(8-12,10-18)25-22-11-21-24-25/h1-4,11-13,16,26H,5-10H2,(H,23,27)/t12-,13+,16-,18?,19?/m1/s1. The van der Waals surface area contributed by atoms with E-state index < -0.39 is 6.10 Å². The zero-order valence-electron chi connectivity index (χ0n) is 14.9. The van der Waals surface area contributed by atoms with E-state index in [9.17, 15) is 9.90 Å². The van der Waals surface area contributed by atoms with Crippen LogP contribution in [-0.4, -0.2) is 36.8 Å². The number of hydrogen-bond acceptors (Lipinski definition) is 5. The molecule has 27 heavy (non-hydrogen) atoms. The van der Waals surface area contributed by atoms with Gasteiger partial charge in [0.25, 0.3) is 5.91 Å². The van der Waals surface area contributed by atoms with Crippen LogP contribution in [0.3, 0.4) is 0 Å². The zero-order valence-corrected chi connectivity index (χ0v) is 15.6. The summed E-state index contributed by atoms with van der Waals surface area (Å²) in [7, 11) is 0. The molecule has 7 nitrogen and oxygen atoms in total. The molecule has 2 N–H and O–H groups in total. The van der Waals surface area contributed by atoms with Crippen LogP contribution in [-0.2, 0) is 10.3 Å². The third-order valence-electron chi connectivity index (χ3n) is 6.64. The first kappa shape index (κ1) is 17.1. The lowest BCUT2D eigenvalue weighted by molar-refractivity contribution is -0.139. The van der Waals surface area contributed by atoms with Crippen molar-refractivity contribution in [3.63, 3.8) is 0 Å². The van der Waals surface area contributed by atoms with Gasteiger partial charge in [0, 0.05) is 16.1 Å². The number of carbonyl (C=O) groups is 1. The molecular weight excluding hydrogens is 366 g/mol. The largest absolute Gasteiger partial charge is 0.378 e. The number of nitrogens with zero attached hydrogens (tertiary/aromatic N) is 4. The van der Waals surface area contributed by atoms with Gasteiger partial charge in [0.2, 0.25) is 0 Å². The molecule has 2 aromatic rings. The van der Waals surface area contributed by atoms with Crippen LogP contribution in [0.5, 0.6) is 0 Å². The minimum Gasteiger partial charge on any atom is -0.378 e. The Morgan fingerprint density at radius 3 is 2.67 bits per heavy atom. The number of benzene rings is 1. The number of rotatable bonds is 4. The first-order valence-corrected chi connectivity index (χ1v) is 9.84. The number of amides is 1. The molecule has 142 valence electrons. The topological polar surface area (TPSA) is 92.9 Å². The minimum atomic E-state index is -1.27. The maximum Gasteiger partial charge on any atom is 0.253 e. The summed E-state index contributed by atoms with van der Waals surface area (Å²) < 4.78 is 0. The molecule has 1 aromatic heterocycles.